The summed E-state index contributed by atoms with van der Waals surface area (Å²) in [6.45, 7) is 13.4. The lowest BCUT2D eigenvalue weighted by Gasteiger charge is -2.34. The van der Waals surface area contributed by atoms with E-state index in [1.807, 2.05) is 0 Å². The van der Waals surface area contributed by atoms with E-state index in [1.165, 1.54) is 116 Å². The molecule has 2 aliphatic carbocycles. The lowest BCUT2D eigenvalue weighted by Crippen LogP contribution is -2.26. The smallest absolute Gasteiger partial charge is 0.0732 e. The normalized spacial score (nSPS) is 12.9. The molecule has 0 aliphatic heterocycles. The first-order chi connectivity index (χ1) is 33.7. The number of aryl methyl sites for hydroxylation is 4. The van der Waals surface area contributed by atoms with Crippen LogP contribution in [0.1, 0.15) is 55.6 Å². The van der Waals surface area contributed by atoms with Gasteiger partial charge < -0.3 is 9.80 Å². The number of anilines is 6. The van der Waals surface area contributed by atoms with Crippen molar-refractivity contribution in [3.63, 3.8) is 0 Å². The van der Waals surface area contributed by atoms with Crippen LogP contribution in [-0.4, -0.2) is 0 Å². The van der Waals surface area contributed by atoms with Crippen LogP contribution in [0, 0.1) is 41.5 Å². The minimum absolute atomic E-state index is 0.633. The van der Waals surface area contributed by atoms with Crippen LogP contribution >= 0.6 is 0 Å². The van der Waals surface area contributed by atoms with Gasteiger partial charge in [-0.05, 0) is 213 Å². The fraction of sp³-hybridized carbons (Fsp3) is 0.104. The maximum atomic E-state index is 2.59. The van der Waals surface area contributed by atoms with Gasteiger partial charge in [-0.3, -0.25) is 0 Å². The van der Waals surface area contributed by atoms with E-state index in [9.17, 15) is 0 Å². The molecule has 2 heteroatoms. The van der Waals surface area contributed by atoms with Crippen molar-refractivity contribution in [3.8, 4) is 22.3 Å². The van der Waals surface area contributed by atoms with Gasteiger partial charge >= 0.3 is 0 Å². The van der Waals surface area contributed by atoms with Gasteiger partial charge in [-0.25, -0.2) is 0 Å². The highest BCUT2D eigenvalue weighted by atomic mass is 15.1. The summed E-state index contributed by atoms with van der Waals surface area (Å²) in [5, 5.41) is 7.53. The van der Waals surface area contributed by atoms with Crippen LogP contribution in [0.25, 0.3) is 54.6 Å². The van der Waals surface area contributed by atoms with E-state index in [0.29, 0.717) is 0 Å². The summed E-state index contributed by atoms with van der Waals surface area (Å²) >= 11 is 0. The molecule has 0 saturated heterocycles. The zero-order chi connectivity index (χ0) is 46.7. The average molecular weight is 885 g/mol. The number of nitrogens with zero attached hydrogens (tertiary/aromatic N) is 2. The average Bonchev–Trinajstić information content (AvgIpc) is 3.86. The van der Waals surface area contributed by atoms with Gasteiger partial charge in [-0.2, -0.15) is 0 Å². The highest BCUT2D eigenvalue weighted by molar-refractivity contribution is 6.24. The molecular formula is C67H52N2. The molecule has 0 saturated carbocycles. The molecule has 0 heterocycles. The molecule has 1 spiro atoms. The highest BCUT2D eigenvalue weighted by Gasteiger charge is 2.54. The fourth-order valence-electron chi connectivity index (χ4n) is 12.3. The first kappa shape index (κ1) is 41.0. The van der Waals surface area contributed by atoms with Crippen LogP contribution in [0.4, 0.5) is 34.1 Å². The SMILES string of the molecule is Cc1cc(N(c2ccccc2)c2ccc3c4c(c5ccccc5c3c2)-c2c(cc(N(c3ccccc3)c3cc(C)c(C)c(C)c3)c3ccccc23)C42c3ccccc3-c3ccccc32)cc(C)c1C. The number of para-hydroxylation sites is 2. The zero-order valence-electron chi connectivity index (χ0n) is 40.0. The van der Waals surface area contributed by atoms with Crippen LogP contribution in [0.2, 0.25) is 0 Å². The molecule has 69 heavy (non-hydrogen) atoms. The second-order valence-corrected chi connectivity index (χ2v) is 19.5. The highest BCUT2D eigenvalue weighted by Crippen LogP contribution is 2.67. The summed E-state index contributed by atoms with van der Waals surface area (Å²) < 4.78 is 0. The van der Waals surface area contributed by atoms with E-state index in [4.69, 9.17) is 0 Å². The quantitative estimate of drug-likeness (QED) is 0.154. The summed E-state index contributed by atoms with van der Waals surface area (Å²) in [5.41, 5.74) is 24.7. The van der Waals surface area contributed by atoms with E-state index in [2.05, 4.69) is 258 Å². The minimum Gasteiger partial charge on any atom is -0.310 e. The Kier molecular flexibility index (Phi) is 9.17. The first-order valence-electron chi connectivity index (χ1n) is 24.3. The van der Waals surface area contributed by atoms with Gasteiger partial charge in [0, 0.05) is 33.8 Å². The van der Waals surface area contributed by atoms with Crippen molar-refractivity contribution in [1.29, 1.82) is 0 Å². The van der Waals surface area contributed by atoms with Crippen molar-refractivity contribution in [3.05, 3.63) is 262 Å². The Bertz CT molecular complexity index is 3830. The van der Waals surface area contributed by atoms with Crippen LogP contribution in [0.3, 0.4) is 0 Å². The van der Waals surface area contributed by atoms with Crippen molar-refractivity contribution in [2.24, 2.45) is 0 Å². The van der Waals surface area contributed by atoms with Crippen LogP contribution in [0.5, 0.6) is 0 Å². The van der Waals surface area contributed by atoms with Crippen molar-refractivity contribution in [2.75, 3.05) is 9.80 Å². The Morgan fingerprint density at radius 2 is 0.739 bits per heavy atom. The number of rotatable bonds is 6. The van der Waals surface area contributed by atoms with Crippen LogP contribution in [0.15, 0.2) is 206 Å². The maximum absolute atomic E-state index is 2.59. The van der Waals surface area contributed by atoms with Gasteiger partial charge in [0.2, 0.25) is 0 Å². The molecule has 13 rings (SSSR count). The molecule has 0 atom stereocenters. The lowest BCUT2D eigenvalue weighted by atomic mass is 9.69. The van der Waals surface area contributed by atoms with Gasteiger partial charge in [-0.1, -0.05) is 140 Å². The van der Waals surface area contributed by atoms with E-state index in [-0.39, 0.29) is 0 Å². The minimum atomic E-state index is -0.633. The summed E-state index contributed by atoms with van der Waals surface area (Å²) in [4.78, 5) is 4.96. The Morgan fingerprint density at radius 1 is 0.290 bits per heavy atom. The molecule has 0 unspecified atom stereocenters. The molecule has 2 aliphatic rings. The second kappa shape index (κ2) is 15.4. The van der Waals surface area contributed by atoms with Crippen molar-refractivity contribution >= 4 is 66.4 Å². The molecular weight excluding hydrogens is 833 g/mol. The largest absolute Gasteiger partial charge is 0.310 e. The monoisotopic (exact) mass is 884 g/mol. The zero-order valence-corrected chi connectivity index (χ0v) is 40.0. The first-order valence-corrected chi connectivity index (χ1v) is 24.3. The van der Waals surface area contributed by atoms with E-state index in [1.54, 1.807) is 0 Å². The van der Waals surface area contributed by atoms with Gasteiger partial charge in [0.15, 0.2) is 0 Å². The topological polar surface area (TPSA) is 6.48 Å². The predicted molar refractivity (Wildman–Crippen MR) is 293 cm³/mol. The Hall–Kier alpha value is -8.20. The molecule has 0 amide bonds. The van der Waals surface area contributed by atoms with Crippen LogP contribution in [-0.2, 0) is 5.41 Å². The number of benzene rings is 11. The third kappa shape index (κ3) is 5.85. The van der Waals surface area contributed by atoms with E-state index < -0.39 is 5.41 Å². The molecule has 11 aromatic rings. The summed E-state index contributed by atoms with van der Waals surface area (Å²) in [6, 6.07) is 78.0. The van der Waals surface area contributed by atoms with E-state index >= 15 is 0 Å². The Labute approximate surface area is 405 Å². The Morgan fingerprint density at radius 3 is 1.30 bits per heavy atom. The van der Waals surface area contributed by atoms with Crippen molar-refractivity contribution in [2.45, 2.75) is 47.0 Å². The van der Waals surface area contributed by atoms with Crippen molar-refractivity contribution in [1.82, 2.24) is 0 Å². The molecule has 0 bridgehead atoms. The molecule has 0 aromatic heterocycles. The third-order valence-electron chi connectivity index (χ3n) is 15.9. The molecule has 0 radical (unpaired) electrons. The van der Waals surface area contributed by atoms with Crippen LogP contribution < -0.4 is 9.80 Å². The maximum Gasteiger partial charge on any atom is 0.0732 e. The number of hydrogen-bond acceptors (Lipinski definition) is 2. The predicted octanol–water partition coefficient (Wildman–Crippen LogP) is 18.3. The summed E-state index contributed by atoms with van der Waals surface area (Å²) in [7, 11) is 0. The third-order valence-corrected chi connectivity index (χ3v) is 15.9. The molecule has 330 valence electrons. The lowest BCUT2D eigenvalue weighted by molar-refractivity contribution is 0.802. The van der Waals surface area contributed by atoms with Crippen molar-refractivity contribution < 1.29 is 0 Å². The van der Waals surface area contributed by atoms with Gasteiger partial charge in [0.1, 0.15) is 0 Å². The summed E-state index contributed by atoms with van der Waals surface area (Å²) in [5.74, 6) is 0. The molecule has 2 nitrogen and oxygen atoms in total. The van der Waals surface area contributed by atoms with E-state index in [0.717, 1.165) is 28.4 Å². The Balaban J connectivity index is 1.19. The summed E-state index contributed by atoms with van der Waals surface area (Å²) in [6.07, 6.45) is 0. The molecule has 0 N–H and O–H groups in total. The van der Waals surface area contributed by atoms with Gasteiger partial charge in [0.05, 0.1) is 11.1 Å². The number of fused-ring (bicyclic) bond motifs is 17. The van der Waals surface area contributed by atoms with Gasteiger partial charge in [0.25, 0.3) is 0 Å². The fourth-order valence-corrected chi connectivity index (χ4v) is 12.3. The molecule has 0 fully saturated rings. The van der Waals surface area contributed by atoms with Gasteiger partial charge in [-0.15, -0.1) is 0 Å². The number of hydrogen-bond donors (Lipinski definition) is 0. The second-order valence-electron chi connectivity index (χ2n) is 19.5. The molecule has 11 aromatic carbocycles. The standard InChI is InChI=1S/C67H52N2/c1-41-35-50(36-42(2)45(41)5)68(47-21-9-7-10-22-47)49-33-34-58-59(39-49)52-25-13-15-29-56(52)65-64-57-30-16-14-28-55(57)63(69(48-23-11-8-12-24-48)51-37-43(3)46(6)44(4)38-51)40-62(64)67(66(58)65)60-31-19-17-26-53(60)54-27-18-20-32-61(54)67/h7-40H,1-6H3.